The van der Waals surface area contributed by atoms with Crippen LogP contribution in [0.25, 0.3) is 0 Å². The number of β-amino-alcohol motifs (C(OH)–C–C–N with tert-alkyl or cyclic N) is 1. The summed E-state index contributed by atoms with van der Waals surface area (Å²) in [6.07, 6.45) is 0.836. The lowest BCUT2D eigenvalue weighted by atomic mass is 9.83. The lowest BCUT2D eigenvalue weighted by Crippen LogP contribution is -2.78. The van der Waals surface area contributed by atoms with Gasteiger partial charge in [0.1, 0.15) is 5.82 Å². The van der Waals surface area contributed by atoms with Gasteiger partial charge < -0.3 is 10.0 Å². The highest BCUT2D eigenvalue weighted by atomic mass is 19.1. The third-order valence-corrected chi connectivity index (χ3v) is 6.82. The van der Waals surface area contributed by atoms with Gasteiger partial charge in [-0.1, -0.05) is 42.5 Å². The Morgan fingerprint density at radius 1 is 1.00 bits per heavy atom. The number of hydrogen-bond donors (Lipinski definition) is 1. The van der Waals surface area contributed by atoms with Gasteiger partial charge in [0.25, 0.3) is 0 Å². The van der Waals surface area contributed by atoms with Crippen molar-refractivity contribution in [2.45, 2.75) is 37.1 Å². The van der Waals surface area contributed by atoms with E-state index in [1.54, 1.807) is 0 Å². The number of halogens is 1. The van der Waals surface area contributed by atoms with Gasteiger partial charge in [-0.3, -0.25) is 14.6 Å². The fraction of sp³-hybridized carbons (Fsp3) is 0.458. The second-order valence-electron chi connectivity index (χ2n) is 9.13. The van der Waals surface area contributed by atoms with Crippen LogP contribution in [0.4, 0.5) is 4.39 Å². The van der Waals surface area contributed by atoms with Crippen LogP contribution in [0, 0.1) is 5.82 Å². The number of piperazine rings is 1. The van der Waals surface area contributed by atoms with Crippen molar-refractivity contribution >= 4 is 5.91 Å². The number of amides is 1. The van der Waals surface area contributed by atoms with Gasteiger partial charge >= 0.3 is 0 Å². The van der Waals surface area contributed by atoms with Crippen molar-refractivity contribution in [3.05, 3.63) is 71.5 Å². The number of likely N-dealkylation sites (tertiary alicyclic amines) is 1. The first-order chi connectivity index (χ1) is 14.5. The molecule has 3 aliphatic heterocycles. The van der Waals surface area contributed by atoms with E-state index in [0.29, 0.717) is 26.1 Å². The average Bonchev–Trinajstić information content (AvgIpc) is 3.10. The molecule has 3 aliphatic rings. The van der Waals surface area contributed by atoms with Crippen LogP contribution in [0.3, 0.4) is 0 Å². The SMILES string of the molecule is O=C(Cc1ccccc1)N1C[C@@H]2C[C@@H](O)CN2C2(CN(Cc3ccc(F)cc3)C2)C1. The summed E-state index contributed by atoms with van der Waals surface area (Å²) in [6.45, 7) is 4.60. The van der Waals surface area contributed by atoms with Gasteiger partial charge in [-0.2, -0.15) is 0 Å². The van der Waals surface area contributed by atoms with Crippen LogP contribution in [0.15, 0.2) is 54.6 Å². The van der Waals surface area contributed by atoms with Gasteiger partial charge in [-0.15, -0.1) is 0 Å². The number of nitrogens with zero attached hydrogens (tertiary/aromatic N) is 3. The van der Waals surface area contributed by atoms with E-state index < -0.39 is 0 Å². The number of benzene rings is 2. The van der Waals surface area contributed by atoms with Crippen molar-refractivity contribution in [1.29, 1.82) is 0 Å². The summed E-state index contributed by atoms with van der Waals surface area (Å²) in [7, 11) is 0. The zero-order valence-corrected chi connectivity index (χ0v) is 17.1. The first-order valence-corrected chi connectivity index (χ1v) is 10.7. The number of carbonyl (C=O) groups excluding carboxylic acids is 1. The highest BCUT2D eigenvalue weighted by Gasteiger charge is 2.56. The molecule has 3 fully saturated rings. The largest absolute Gasteiger partial charge is 0.392 e. The Hall–Kier alpha value is -2.28. The van der Waals surface area contributed by atoms with Gasteiger partial charge in [0, 0.05) is 45.3 Å². The molecule has 0 bridgehead atoms. The molecule has 3 heterocycles. The van der Waals surface area contributed by atoms with Crippen LogP contribution in [-0.4, -0.2) is 76.1 Å². The fourth-order valence-corrected chi connectivity index (χ4v) is 5.51. The van der Waals surface area contributed by atoms with E-state index in [9.17, 15) is 14.3 Å². The van der Waals surface area contributed by atoms with E-state index in [1.165, 1.54) is 12.1 Å². The predicted octanol–water partition coefficient (Wildman–Crippen LogP) is 1.90. The van der Waals surface area contributed by atoms with Crippen molar-refractivity contribution in [2.75, 3.05) is 32.7 Å². The summed E-state index contributed by atoms with van der Waals surface area (Å²) in [5.41, 5.74) is 2.04. The number of rotatable bonds is 4. The number of fused-ring (bicyclic) bond motifs is 2. The van der Waals surface area contributed by atoms with Crippen LogP contribution < -0.4 is 0 Å². The minimum atomic E-state index is -0.317. The van der Waals surface area contributed by atoms with Gasteiger partial charge in [0.05, 0.1) is 18.1 Å². The maximum Gasteiger partial charge on any atom is 0.227 e. The number of carbonyl (C=O) groups is 1. The smallest absolute Gasteiger partial charge is 0.227 e. The standard InChI is InChI=1S/C24H28FN3O2/c25-20-8-6-19(7-9-20)12-26-15-24(16-26)17-27(13-21-11-22(29)14-28(21)24)23(30)10-18-4-2-1-3-5-18/h1-9,21-22,29H,10-17H2/t21-,22+/m0/s1. The maximum atomic E-state index is 13.2. The van der Waals surface area contributed by atoms with E-state index >= 15 is 0 Å². The zero-order valence-electron chi connectivity index (χ0n) is 17.1. The molecule has 2 aromatic carbocycles. The Kier molecular flexibility index (Phi) is 5.09. The van der Waals surface area contributed by atoms with Crippen LogP contribution in [-0.2, 0) is 17.8 Å². The fourth-order valence-electron chi connectivity index (χ4n) is 5.51. The Morgan fingerprint density at radius 2 is 1.73 bits per heavy atom. The van der Waals surface area contributed by atoms with E-state index in [2.05, 4.69) is 9.80 Å². The molecule has 0 aliphatic carbocycles. The van der Waals surface area contributed by atoms with Crippen molar-refractivity contribution in [1.82, 2.24) is 14.7 Å². The van der Waals surface area contributed by atoms with Gasteiger partial charge in [0.15, 0.2) is 0 Å². The molecule has 5 rings (SSSR count). The highest BCUT2D eigenvalue weighted by molar-refractivity contribution is 5.79. The van der Waals surface area contributed by atoms with Gasteiger partial charge in [0.2, 0.25) is 5.91 Å². The van der Waals surface area contributed by atoms with Crippen LogP contribution in [0.2, 0.25) is 0 Å². The summed E-state index contributed by atoms with van der Waals surface area (Å²) in [4.78, 5) is 19.9. The normalized spacial score (nSPS) is 25.9. The quantitative estimate of drug-likeness (QED) is 0.838. The highest BCUT2D eigenvalue weighted by Crippen LogP contribution is 2.39. The van der Waals surface area contributed by atoms with Crippen LogP contribution >= 0.6 is 0 Å². The molecule has 0 radical (unpaired) electrons. The maximum absolute atomic E-state index is 13.2. The van der Waals surface area contributed by atoms with E-state index in [-0.39, 0.29) is 29.4 Å². The van der Waals surface area contributed by atoms with E-state index in [1.807, 2.05) is 47.4 Å². The molecule has 1 amide bonds. The summed E-state index contributed by atoms with van der Waals surface area (Å²) < 4.78 is 13.2. The predicted molar refractivity (Wildman–Crippen MR) is 112 cm³/mol. The molecule has 1 N–H and O–H groups in total. The lowest BCUT2D eigenvalue weighted by molar-refractivity contribution is -0.150. The lowest BCUT2D eigenvalue weighted by Gasteiger charge is -2.61. The van der Waals surface area contributed by atoms with Crippen molar-refractivity contribution in [3.63, 3.8) is 0 Å². The molecule has 158 valence electrons. The van der Waals surface area contributed by atoms with Crippen molar-refractivity contribution < 1.29 is 14.3 Å². The van der Waals surface area contributed by atoms with Gasteiger partial charge in [-0.25, -0.2) is 4.39 Å². The molecule has 0 saturated carbocycles. The molecule has 0 aromatic heterocycles. The second kappa shape index (κ2) is 7.76. The molecule has 1 spiro atoms. The molecule has 30 heavy (non-hydrogen) atoms. The molecule has 2 atom stereocenters. The monoisotopic (exact) mass is 409 g/mol. The summed E-state index contributed by atoms with van der Waals surface area (Å²) in [5.74, 6) is -0.0498. The molecular weight excluding hydrogens is 381 g/mol. The minimum Gasteiger partial charge on any atom is -0.392 e. The Bertz CT molecular complexity index is 898. The van der Waals surface area contributed by atoms with E-state index in [0.717, 1.165) is 37.2 Å². The molecule has 2 aromatic rings. The molecule has 0 unspecified atom stereocenters. The van der Waals surface area contributed by atoms with Crippen LogP contribution in [0.5, 0.6) is 0 Å². The Labute approximate surface area is 176 Å². The first-order valence-electron chi connectivity index (χ1n) is 10.7. The van der Waals surface area contributed by atoms with Gasteiger partial charge in [-0.05, 0) is 29.7 Å². The third-order valence-electron chi connectivity index (χ3n) is 6.82. The van der Waals surface area contributed by atoms with Crippen molar-refractivity contribution in [2.24, 2.45) is 0 Å². The zero-order chi connectivity index (χ0) is 20.7. The Morgan fingerprint density at radius 3 is 2.47 bits per heavy atom. The summed E-state index contributed by atoms with van der Waals surface area (Å²) in [5, 5.41) is 10.3. The third kappa shape index (κ3) is 3.75. The second-order valence-corrected chi connectivity index (χ2v) is 9.13. The molecule has 5 nitrogen and oxygen atoms in total. The first kappa shape index (κ1) is 19.7. The number of aliphatic hydroxyl groups is 1. The van der Waals surface area contributed by atoms with Crippen LogP contribution in [0.1, 0.15) is 17.5 Å². The number of aliphatic hydroxyl groups excluding tert-OH is 1. The van der Waals surface area contributed by atoms with Crippen molar-refractivity contribution in [3.8, 4) is 0 Å². The summed E-state index contributed by atoms with van der Waals surface area (Å²) in [6, 6.07) is 16.8. The average molecular weight is 410 g/mol. The van der Waals surface area contributed by atoms with E-state index in [4.69, 9.17) is 0 Å². The molecular formula is C24H28FN3O2. The topological polar surface area (TPSA) is 47.0 Å². The minimum absolute atomic E-state index is 0.0905. The Balaban J connectivity index is 1.28. The molecule has 6 heteroatoms. The number of hydrogen-bond acceptors (Lipinski definition) is 4. The molecule has 3 saturated heterocycles. The summed E-state index contributed by atoms with van der Waals surface area (Å²) >= 11 is 0.